The Morgan fingerprint density at radius 1 is 1.39 bits per heavy atom. The highest BCUT2D eigenvalue weighted by molar-refractivity contribution is 8.15. The summed E-state index contributed by atoms with van der Waals surface area (Å²) in [5.41, 5.74) is 2.81. The number of aliphatic carboxylic acids is 1. The van der Waals surface area contributed by atoms with E-state index in [1.165, 1.54) is 11.0 Å². The van der Waals surface area contributed by atoms with E-state index in [9.17, 15) is 14.4 Å². The van der Waals surface area contributed by atoms with Gasteiger partial charge in [-0.15, -0.1) is 11.7 Å². The Kier molecular flexibility index (Phi) is 5.53. The van der Waals surface area contributed by atoms with Gasteiger partial charge in [-0.25, -0.2) is 5.43 Å². The lowest BCUT2D eigenvalue weighted by molar-refractivity contribution is -0.139. The van der Waals surface area contributed by atoms with Crippen LogP contribution >= 0.6 is 11.8 Å². The van der Waals surface area contributed by atoms with Gasteiger partial charge in [-0.05, 0) is 12.1 Å². The smallest absolute Gasteiger partial charge is 0.305 e. The van der Waals surface area contributed by atoms with Crippen molar-refractivity contribution in [2.45, 2.75) is 11.7 Å². The van der Waals surface area contributed by atoms with Crippen LogP contribution in [0.15, 0.2) is 48.1 Å². The summed E-state index contributed by atoms with van der Waals surface area (Å²) in [7, 11) is 0. The fraction of sp³-hybridized carbons (Fsp3) is 0.200. The monoisotopic (exact) mass is 333 g/mol. The van der Waals surface area contributed by atoms with E-state index in [1.54, 1.807) is 30.3 Å². The Bertz CT molecular complexity index is 660. The maximum Gasteiger partial charge on any atom is 0.305 e. The third-order valence-electron chi connectivity index (χ3n) is 2.98. The van der Waals surface area contributed by atoms with Gasteiger partial charge in [0.05, 0.1) is 6.42 Å². The molecule has 0 aliphatic carbocycles. The molecule has 8 heteroatoms. The van der Waals surface area contributed by atoms with Gasteiger partial charge in [0.1, 0.15) is 5.25 Å². The highest BCUT2D eigenvalue weighted by atomic mass is 32.2. The van der Waals surface area contributed by atoms with Crippen LogP contribution in [0.4, 0.5) is 0 Å². The second-order valence-electron chi connectivity index (χ2n) is 4.64. The van der Waals surface area contributed by atoms with Crippen LogP contribution in [0.2, 0.25) is 0 Å². The molecule has 2 amide bonds. The number of carboxylic acid groups (broad SMARTS) is 1. The first-order chi connectivity index (χ1) is 11.0. The molecule has 1 fully saturated rings. The molecular formula is C15H15N3O4S. The largest absolute Gasteiger partial charge is 0.481 e. The van der Waals surface area contributed by atoms with Crippen LogP contribution in [0.5, 0.6) is 0 Å². The number of nitrogens with one attached hydrogen (secondary N) is 1. The average Bonchev–Trinajstić information content (AvgIpc) is 2.82. The second-order valence-corrected chi connectivity index (χ2v) is 5.81. The van der Waals surface area contributed by atoms with Crippen molar-refractivity contribution in [1.82, 2.24) is 10.3 Å². The van der Waals surface area contributed by atoms with Gasteiger partial charge >= 0.3 is 5.97 Å². The normalized spacial score (nSPS) is 19.0. The minimum atomic E-state index is -1.07. The summed E-state index contributed by atoms with van der Waals surface area (Å²) in [4.78, 5) is 36.2. The first-order valence-corrected chi connectivity index (χ1v) is 7.64. The van der Waals surface area contributed by atoms with Gasteiger partial charge in [-0.2, -0.15) is 0 Å². The molecule has 0 bridgehead atoms. The quantitative estimate of drug-likeness (QED) is 0.604. The molecule has 1 atom stereocenters. The second kappa shape index (κ2) is 7.59. The minimum absolute atomic E-state index is 0.196. The molecule has 1 heterocycles. The molecule has 1 aliphatic rings. The molecule has 7 nitrogen and oxygen atoms in total. The van der Waals surface area contributed by atoms with Gasteiger partial charge in [0.25, 0.3) is 5.91 Å². The van der Waals surface area contributed by atoms with E-state index >= 15 is 0 Å². The minimum Gasteiger partial charge on any atom is -0.481 e. The zero-order valence-corrected chi connectivity index (χ0v) is 13.0. The fourth-order valence-corrected chi connectivity index (χ4v) is 3.03. The zero-order chi connectivity index (χ0) is 16.8. The molecule has 0 aromatic heterocycles. The number of amides is 2. The number of hydrogen-bond donors (Lipinski definition) is 2. The Hall–Kier alpha value is -2.61. The first kappa shape index (κ1) is 16.8. The van der Waals surface area contributed by atoms with Crippen molar-refractivity contribution in [3.63, 3.8) is 0 Å². The zero-order valence-electron chi connectivity index (χ0n) is 12.1. The Labute approximate surface area is 137 Å². The van der Waals surface area contributed by atoms with Crippen LogP contribution in [0, 0.1) is 0 Å². The SMILES string of the molecule is C=CCN1C(=O)[C@@H](CC(=O)O)S/C1=N\NC(=O)c1ccccc1. The van der Waals surface area contributed by atoms with Crippen LogP contribution in [-0.4, -0.2) is 44.8 Å². The maximum atomic E-state index is 12.2. The predicted octanol–water partition coefficient (Wildman–Crippen LogP) is 1.29. The standard InChI is InChI=1S/C15H15N3O4S/c1-2-8-18-14(22)11(9-12(19)20)23-15(18)17-16-13(21)10-6-4-3-5-7-10/h2-7,11H,1,8-9H2,(H,16,21)(H,19,20)/b17-15-/t11-/m1/s1. The first-order valence-electron chi connectivity index (χ1n) is 6.76. The van der Waals surface area contributed by atoms with E-state index in [1.807, 2.05) is 0 Å². The lowest BCUT2D eigenvalue weighted by Gasteiger charge is -2.13. The molecule has 23 heavy (non-hydrogen) atoms. The summed E-state index contributed by atoms with van der Waals surface area (Å²) >= 11 is 1.02. The Morgan fingerprint density at radius 3 is 2.70 bits per heavy atom. The van der Waals surface area contributed by atoms with Crippen molar-refractivity contribution < 1.29 is 19.5 Å². The van der Waals surface area contributed by atoms with E-state index in [0.29, 0.717) is 5.56 Å². The van der Waals surface area contributed by atoms with Crippen LogP contribution in [0.1, 0.15) is 16.8 Å². The number of nitrogens with zero attached hydrogens (tertiary/aromatic N) is 2. The summed E-state index contributed by atoms with van der Waals surface area (Å²) in [6, 6.07) is 8.51. The number of hydrogen-bond acceptors (Lipinski definition) is 5. The van der Waals surface area contributed by atoms with Gasteiger partial charge in [0.15, 0.2) is 5.17 Å². The fourth-order valence-electron chi connectivity index (χ4n) is 1.93. The van der Waals surface area contributed by atoms with E-state index in [4.69, 9.17) is 5.11 Å². The summed E-state index contributed by atoms with van der Waals surface area (Å²) < 4.78 is 0. The van der Waals surface area contributed by atoms with Gasteiger partial charge in [0.2, 0.25) is 5.91 Å². The predicted molar refractivity (Wildman–Crippen MR) is 86.9 cm³/mol. The van der Waals surface area contributed by atoms with Crippen molar-refractivity contribution in [2.24, 2.45) is 5.10 Å². The Morgan fingerprint density at radius 2 is 2.09 bits per heavy atom. The number of thioether (sulfide) groups is 1. The lowest BCUT2D eigenvalue weighted by Crippen LogP contribution is -2.34. The van der Waals surface area contributed by atoms with Crippen molar-refractivity contribution >= 4 is 34.7 Å². The summed E-state index contributed by atoms with van der Waals surface area (Å²) in [5, 5.41) is 12.3. The number of carboxylic acids is 1. The molecule has 2 N–H and O–H groups in total. The van der Waals surface area contributed by atoms with E-state index in [0.717, 1.165) is 11.8 Å². The van der Waals surface area contributed by atoms with Crippen molar-refractivity contribution in [3.8, 4) is 0 Å². The van der Waals surface area contributed by atoms with Gasteiger partial charge in [0, 0.05) is 12.1 Å². The molecule has 0 radical (unpaired) electrons. The van der Waals surface area contributed by atoms with Crippen LogP contribution in [-0.2, 0) is 9.59 Å². The molecule has 1 aliphatic heterocycles. The number of amidine groups is 1. The lowest BCUT2D eigenvalue weighted by atomic mass is 10.2. The number of carbonyl (C=O) groups is 3. The summed E-state index contributed by atoms with van der Waals surface area (Å²) in [6.07, 6.45) is 1.21. The summed E-state index contributed by atoms with van der Waals surface area (Å²) in [6.45, 7) is 3.76. The van der Waals surface area contributed by atoms with Crippen molar-refractivity contribution in [3.05, 3.63) is 48.6 Å². The van der Waals surface area contributed by atoms with Gasteiger partial charge < -0.3 is 5.11 Å². The number of rotatable bonds is 6. The highest BCUT2D eigenvalue weighted by Crippen LogP contribution is 2.29. The van der Waals surface area contributed by atoms with Gasteiger partial charge in [-0.1, -0.05) is 36.0 Å². The molecular weight excluding hydrogens is 318 g/mol. The number of benzene rings is 1. The van der Waals surface area contributed by atoms with Crippen molar-refractivity contribution in [1.29, 1.82) is 0 Å². The molecule has 1 saturated heterocycles. The molecule has 0 saturated carbocycles. The van der Waals surface area contributed by atoms with Crippen molar-refractivity contribution in [2.75, 3.05) is 6.54 Å². The van der Waals surface area contributed by atoms with Gasteiger partial charge in [-0.3, -0.25) is 19.3 Å². The molecule has 120 valence electrons. The summed E-state index contributed by atoms with van der Waals surface area (Å²) in [5.74, 6) is -1.83. The third kappa shape index (κ3) is 4.19. The third-order valence-corrected chi connectivity index (χ3v) is 4.16. The van der Waals surface area contributed by atoms with Crippen LogP contribution in [0.25, 0.3) is 0 Å². The Balaban J connectivity index is 2.12. The van der Waals surface area contributed by atoms with Crippen LogP contribution in [0.3, 0.4) is 0 Å². The number of carbonyl (C=O) groups excluding carboxylic acids is 2. The highest BCUT2D eigenvalue weighted by Gasteiger charge is 2.38. The van der Waals surface area contributed by atoms with E-state index in [-0.39, 0.29) is 24.0 Å². The van der Waals surface area contributed by atoms with E-state index in [2.05, 4.69) is 17.1 Å². The maximum absolute atomic E-state index is 12.2. The number of hydrazone groups is 1. The average molecular weight is 333 g/mol. The molecule has 0 unspecified atom stereocenters. The van der Waals surface area contributed by atoms with Crippen LogP contribution < -0.4 is 5.43 Å². The van der Waals surface area contributed by atoms with E-state index < -0.39 is 17.1 Å². The molecule has 0 spiro atoms. The molecule has 1 aromatic rings. The topological polar surface area (TPSA) is 99.1 Å². The molecule has 1 aromatic carbocycles. The molecule has 2 rings (SSSR count).